The first-order chi connectivity index (χ1) is 35.8. The quantitative estimate of drug-likeness (QED) is 0.133. The number of benzene rings is 12. The molecule has 4 heteroatoms. The number of para-hydroxylation sites is 2. The van der Waals surface area contributed by atoms with Gasteiger partial charge in [-0.1, -0.05) is 182 Å². The molecule has 0 saturated heterocycles. The molecule has 0 radical (unpaired) electrons. The Balaban J connectivity index is 1.12. The van der Waals surface area contributed by atoms with E-state index in [1.807, 2.05) is 0 Å². The van der Waals surface area contributed by atoms with Crippen LogP contribution in [0.25, 0.3) is 98.0 Å². The van der Waals surface area contributed by atoms with Crippen molar-refractivity contribution < 1.29 is 0 Å². The minimum Gasteiger partial charge on any atom is -0.301 e. The van der Waals surface area contributed by atoms with Crippen LogP contribution in [0.1, 0.15) is 0 Å². The third-order valence-electron chi connectivity index (χ3n) is 14.3. The Kier molecular flexibility index (Phi) is 10.3. The molecule has 338 valence electrons. The molecule has 0 N–H and O–H groups in total. The Morgan fingerprint density at radius 2 is 0.528 bits per heavy atom. The molecule has 0 amide bonds. The Hall–Kier alpha value is -8.80. The highest BCUT2D eigenvalue weighted by molar-refractivity contribution is 7.14. The summed E-state index contributed by atoms with van der Waals surface area (Å²) in [5.74, 6) is 0. The van der Waals surface area contributed by atoms with Gasteiger partial charge in [-0.05, 0) is 160 Å². The van der Waals surface area contributed by atoms with E-state index in [0.717, 1.165) is 11.4 Å². The van der Waals surface area contributed by atoms with Crippen LogP contribution in [0, 0.1) is 0 Å². The van der Waals surface area contributed by atoms with Crippen molar-refractivity contribution in [1.82, 2.24) is 0 Å². The maximum Gasteiger partial charge on any atom is 0.0999 e. The van der Waals surface area contributed by atoms with Crippen molar-refractivity contribution in [3.05, 3.63) is 266 Å². The Morgan fingerprint density at radius 3 is 0.861 bits per heavy atom. The fourth-order valence-electron chi connectivity index (χ4n) is 11.4. The summed E-state index contributed by atoms with van der Waals surface area (Å²) >= 11 is 3.53. The molecule has 0 unspecified atom stereocenters. The number of hydrogen-bond donors (Lipinski definition) is 0. The van der Waals surface area contributed by atoms with Gasteiger partial charge in [0.05, 0.1) is 21.4 Å². The molecule has 0 bridgehead atoms. The predicted octanol–water partition coefficient (Wildman–Crippen LogP) is 20.7. The summed E-state index contributed by atoms with van der Waals surface area (Å²) in [5, 5.41) is 21.2. The summed E-state index contributed by atoms with van der Waals surface area (Å²) in [7, 11) is 0. The fourth-order valence-corrected chi connectivity index (χ4v) is 12.9. The van der Waals surface area contributed by atoms with E-state index in [1.54, 1.807) is 22.7 Å². The molecular formula is C68H44N2S2. The van der Waals surface area contributed by atoms with Crippen LogP contribution in [0.3, 0.4) is 0 Å². The molecule has 14 rings (SSSR count). The first kappa shape index (κ1) is 42.1. The van der Waals surface area contributed by atoms with Crippen LogP contribution in [0.4, 0.5) is 32.8 Å². The van der Waals surface area contributed by atoms with Gasteiger partial charge in [0.2, 0.25) is 0 Å². The molecule has 2 heterocycles. The number of rotatable bonds is 9. The number of thiophene rings is 2. The highest BCUT2D eigenvalue weighted by Gasteiger charge is 2.26. The summed E-state index contributed by atoms with van der Waals surface area (Å²) in [6.07, 6.45) is 0. The van der Waals surface area contributed by atoms with Crippen molar-refractivity contribution in [2.75, 3.05) is 9.80 Å². The van der Waals surface area contributed by atoms with Gasteiger partial charge >= 0.3 is 0 Å². The first-order valence-corrected chi connectivity index (χ1v) is 26.2. The first-order valence-electron chi connectivity index (χ1n) is 24.5. The van der Waals surface area contributed by atoms with Crippen LogP contribution in [0.5, 0.6) is 0 Å². The normalized spacial score (nSPS) is 11.6. The Labute approximate surface area is 426 Å². The zero-order valence-electron chi connectivity index (χ0n) is 39.1. The van der Waals surface area contributed by atoms with E-state index in [4.69, 9.17) is 0 Å². The van der Waals surface area contributed by atoms with Crippen molar-refractivity contribution in [1.29, 1.82) is 0 Å². The molecule has 0 spiro atoms. The molecule has 2 nitrogen and oxygen atoms in total. The maximum absolute atomic E-state index is 2.49. The molecule has 0 atom stereocenters. The lowest BCUT2D eigenvalue weighted by atomic mass is 9.83. The fraction of sp³-hybridized carbons (Fsp3) is 0. The lowest BCUT2D eigenvalue weighted by Gasteiger charge is -2.29. The van der Waals surface area contributed by atoms with Crippen LogP contribution >= 0.6 is 22.7 Å². The minimum atomic E-state index is 1.13. The second-order valence-corrected chi connectivity index (χ2v) is 20.2. The topological polar surface area (TPSA) is 6.48 Å². The maximum atomic E-state index is 2.49. The number of anilines is 6. The van der Waals surface area contributed by atoms with Gasteiger partial charge in [-0.15, -0.1) is 22.7 Å². The highest BCUT2D eigenvalue weighted by atomic mass is 32.1. The summed E-state index contributed by atoms with van der Waals surface area (Å²) < 4.78 is 0. The number of nitrogens with zero attached hydrogens (tertiary/aromatic N) is 2. The van der Waals surface area contributed by atoms with E-state index in [2.05, 4.69) is 275 Å². The van der Waals surface area contributed by atoms with Gasteiger partial charge in [0.1, 0.15) is 0 Å². The second kappa shape index (κ2) is 17.6. The van der Waals surface area contributed by atoms with Crippen molar-refractivity contribution in [2.45, 2.75) is 0 Å². The van der Waals surface area contributed by atoms with Crippen molar-refractivity contribution >= 4 is 120 Å². The third kappa shape index (κ3) is 6.91. The molecular weight excluding hydrogens is 909 g/mol. The molecule has 72 heavy (non-hydrogen) atoms. The van der Waals surface area contributed by atoms with Crippen molar-refractivity contribution in [3.63, 3.8) is 0 Å². The second-order valence-electron chi connectivity index (χ2n) is 18.4. The summed E-state index contributed by atoms with van der Waals surface area (Å²) in [4.78, 5) is 4.91. The van der Waals surface area contributed by atoms with E-state index in [1.165, 1.54) is 119 Å². The molecule has 0 aliphatic heterocycles. The SMILES string of the molecule is c1ccc(N(c2cccs2)c2c3ccccc3c(-c3cc(-c4c5ccccc5cc5ccccc45)cc(-c4c5ccccc5c(N(c5ccccc5)c5cccs5)c5ccccc45)c3)c3ccccc23)cc1. The monoisotopic (exact) mass is 952 g/mol. The van der Waals surface area contributed by atoms with E-state index >= 15 is 0 Å². The van der Waals surface area contributed by atoms with E-state index in [0.29, 0.717) is 0 Å². The summed E-state index contributed by atoms with van der Waals surface area (Å²) in [5.41, 5.74) is 11.8. The van der Waals surface area contributed by atoms with Crippen molar-refractivity contribution in [2.24, 2.45) is 0 Å². The third-order valence-corrected chi connectivity index (χ3v) is 16.0. The number of fused-ring (bicyclic) bond motifs is 6. The zero-order chi connectivity index (χ0) is 47.5. The Bertz CT molecular complexity index is 3950. The van der Waals surface area contributed by atoms with E-state index in [9.17, 15) is 0 Å². The van der Waals surface area contributed by atoms with Gasteiger partial charge in [-0.2, -0.15) is 0 Å². The molecule has 0 saturated carbocycles. The smallest absolute Gasteiger partial charge is 0.0999 e. The van der Waals surface area contributed by atoms with Gasteiger partial charge in [-0.3, -0.25) is 0 Å². The van der Waals surface area contributed by atoms with E-state index < -0.39 is 0 Å². The van der Waals surface area contributed by atoms with Gasteiger partial charge in [0, 0.05) is 32.9 Å². The predicted molar refractivity (Wildman–Crippen MR) is 313 cm³/mol. The summed E-state index contributed by atoms with van der Waals surface area (Å²) in [6, 6.07) is 94.2. The average molecular weight is 953 g/mol. The van der Waals surface area contributed by atoms with Crippen LogP contribution in [0.2, 0.25) is 0 Å². The van der Waals surface area contributed by atoms with Gasteiger partial charge in [-0.25, -0.2) is 0 Å². The Morgan fingerprint density at radius 1 is 0.236 bits per heavy atom. The summed E-state index contributed by atoms with van der Waals surface area (Å²) in [6.45, 7) is 0. The molecule has 0 aliphatic rings. The molecule has 0 aliphatic carbocycles. The lowest BCUT2D eigenvalue weighted by molar-refractivity contribution is 1.35. The van der Waals surface area contributed by atoms with Crippen molar-refractivity contribution in [3.8, 4) is 33.4 Å². The highest BCUT2D eigenvalue weighted by Crippen LogP contribution is 2.53. The molecule has 0 fully saturated rings. The van der Waals surface area contributed by atoms with Crippen LogP contribution in [0.15, 0.2) is 266 Å². The van der Waals surface area contributed by atoms with Crippen LogP contribution in [-0.4, -0.2) is 0 Å². The largest absolute Gasteiger partial charge is 0.301 e. The van der Waals surface area contributed by atoms with Gasteiger partial charge < -0.3 is 9.80 Å². The number of hydrogen-bond acceptors (Lipinski definition) is 4. The van der Waals surface area contributed by atoms with E-state index in [-0.39, 0.29) is 0 Å². The van der Waals surface area contributed by atoms with Gasteiger partial charge in [0.15, 0.2) is 0 Å². The van der Waals surface area contributed by atoms with Crippen LogP contribution in [-0.2, 0) is 0 Å². The molecule has 12 aromatic carbocycles. The zero-order valence-corrected chi connectivity index (χ0v) is 40.7. The van der Waals surface area contributed by atoms with Crippen LogP contribution < -0.4 is 9.80 Å². The lowest BCUT2D eigenvalue weighted by Crippen LogP contribution is -2.10. The average Bonchev–Trinajstić information content (AvgIpc) is 4.19. The van der Waals surface area contributed by atoms with Gasteiger partial charge in [0.25, 0.3) is 0 Å². The standard InChI is InChI=1S/C68H44N2S2/c1-3-23-50(24-4-1)69(62-37-19-39-71-62)67-58-33-15-11-29-54(58)65(55-30-12-16-34-59(55)67)48-42-47(64-52-27-9-7-21-45(52)41-46-22-8-10-28-53(46)64)43-49(44-48)66-56-31-13-17-35-60(56)68(61-36-18-14-32-57(61)66)70(63-38-20-40-72-63)51-25-5-2-6-26-51/h1-44H. The molecule has 14 aromatic rings. The minimum absolute atomic E-state index is 1.13. The molecule has 2 aromatic heterocycles.